The number of alkyl halides is 1. The number of nitrogens with one attached hydrogen (secondary N) is 1. The van der Waals surface area contributed by atoms with Gasteiger partial charge in [0, 0.05) is 18.8 Å². The molecule has 10 heteroatoms. The zero-order chi connectivity index (χ0) is 22.7. The zero-order valence-electron chi connectivity index (χ0n) is 17.1. The molecule has 2 heterocycles. The van der Waals surface area contributed by atoms with Crippen LogP contribution in [0, 0.1) is 5.82 Å². The molecule has 1 N–H and O–H groups in total. The number of anilines is 2. The Balaban J connectivity index is 1.36. The Labute approximate surface area is 188 Å². The summed E-state index contributed by atoms with van der Waals surface area (Å²) in [6.07, 6.45) is -1.80. The minimum absolute atomic E-state index is 0.134. The highest BCUT2D eigenvalue weighted by Crippen LogP contribution is 2.25. The van der Waals surface area contributed by atoms with Gasteiger partial charge in [0.05, 0.1) is 42.5 Å². The first kappa shape index (κ1) is 22.0. The molecule has 2 aromatic carbocycles. The van der Waals surface area contributed by atoms with E-state index in [0.29, 0.717) is 43.1 Å². The molecule has 0 bridgehead atoms. The van der Waals surface area contributed by atoms with E-state index in [1.54, 1.807) is 36.4 Å². The number of fused-ring (bicyclic) bond motifs is 1. The molecule has 0 spiro atoms. The van der Waals surface area contributed by atoms with Gasteiger partial charge in [-0.2, -0.15) is 0 Å². The fourth-order valence-corrected chi connectivity index (χ4v) is 3.83. The second-order valence-corrected chi connectivity index (χ2v) is 7.65. The van der Waals surface area contributed by atoms with E-state index in [1.807, 2.05) is 4.90 Å². The lowest BCUT2D eigenvalue weighted by Crippen LogP contribution is -2.40. The van der Waals surface area contributed by atoms with Gasteiger partial charge in [-0.1, -0.05) is 12.1 Å². The van der Waals surface area contributed by atoms with Crippen LogP contribution in [0.4, 0.5) is 20.6 Å². The Kier molecular flexibility index (Phi) is 6.57. The van der Waals surface area contributed by atoms with Crippen molar-refractivity contribution in [1.29, 1.82) is 0 Å². The average Bonchev–Trinajstić information content (AvgIpc) is 3.04. The van der Waals surface area contributed by atoms with Crippen LogP contribution in [-0.2, 0) is 9.47 Å². The number of carbonyl (C=O) groups is 3. The molecular formula is C22H21ClFN3O5. The van der Waals surface area contributed by atoms with E-state index >= 15 is 0 Å². The zero-order valence-corrected chi connectivity index (χ0v) is 17.8. The van der Waals surface area contributed by atoms with Crippen LogP contribution >= 0.6 is 11.6 Å². The van der Waals surface area contributed by atoms with Crippen LogP contribution in [0.5, 0.6) is 0 Å². The van der Waals surface area contributed by atoms with Crippen molar-refractivity contribution in [1.82, 2.24) is 4.90 Å². The maximum atomic E-state index is 14.5. The predicted molar refractivity (Wildman–Crippen MR) is 116 cm³/mol. The number of carbonyl (C=O) groups excluding carboxylic acids is 3. The van der Waals surface area contributed by atoms with Gasteiger partial charge in [-0.25, -0.2) is 9.18 Å². The van der Waals surface area contributed by atoms with Gasteiger partial charge in [-0.15, -0.1) is 11.6 Å². The predicted octanol–water partition coefficient (Wildman–Crippen LogP) is 3.11. The molecule has 168 valence electrons. The molecule has 0 aliphatic carbocycles. The lowest BCUT2D eigenvalue weighted by atomic mass is 10.1. The lowest BCUT2D eigenvalue weighted by Gasteiger charge is -2.29. The number of morpholine rings is 1. The van der Waals surface area contributed by atoms with E-state index in [2.05, 4.69) is 5.32 Å². The summed E-state index contributed by atoms with van der Waals surface area (Å²) in [6.45, 7) is 2.03. The van der Waals surface area contributed by atoms with Gasteiger partial charge in [-0.3, -0.25) is 19.8 Å². The Morgan fingerprint density at radius 2 is 1.78 bits per heavy atom. The summed E-state index contributed by atoms with van der Waals surface area (Å²) in [5.41, 5.74) is 1.23. The van der Waals surface area contributed by atoms with Gasteiger partial charge in [-0.05, 0) is 30.3 Å². The van der Waals surface area contributed by atoms with E-state index < -0.39 is 29.8 Å². The van der Waals surface area contributed by atoms with Crippen molar-refractivity contribution in [2.45, 2.75) is 6.10 Å². The van der Waals surface area contributed by atoms with Crippen LogP contribution in [0.1, 0.15) is 20.7 Å². The van der Waals surface area contributed by atoms with E-state index in [0.717, 1.165) is 4.90 Å². The summed E-state index contributed by atoms with van der Waals surface area (Å²) >= 11 is 5.90. The Morgan fingerprint density at radius 1 is 1.12 bits per heavy atom. The SMILES string of the molecule is O=C(Nc1ccc(N2CCOCC2)c(F)c1)O[C@H](CCl)CN1C(=O)c2ccccc2C1=O. The average molecular weight is 462 g/mol. The molecule has 0 unspecified atom stereocenters. The van der Waals surface area contributed by atoms with Crippen LogP contribution < -0.4 is 10.2 Å². The van der Waals surface area contributed by atoms with Gasteiger partial charge < -0.3 is 14.4 Å². The Morgan fingerprint density at radius 3 is 2.38 bits per heavy atom. The maximum absolute atomic E-state index is 14.5. The molecule has 32 heavy (non-hydrogen) atoms. The highest BCUT2D eigenvalue weighted by Gasteiger charge is 2.37. The summed E-state index contributed by atoms with van der Waals surface area (Å²) in [4.78, 5) is 40.1. The van der Waals surface area contributed by atoms with Crippen LogP contribution in [0.3, 0.4) is 0 Å². The molecular weight excluding hydrogens is 441 g/mol. The number of halogens is 2. The molecule has 2 aliphatic rings. The van der Waals surface area contributed by atoms with Crippen molar-refractivity contribution in [3.63, 3.8) is 0 Å². The number of hydrogen-bond acceptors (Lipinski definition) is 6. The lowest BCUT2D eigenvalue weighted by molar-refractivity contribution is 0.0530. The van der Waals surface area contributed by atoms with Gasteiger partial charge in [0.1, 0.15) is 11.9 Å². The first-order chi connectivity index (χ1) is 15.5. The van der Waals surface area contributed by atoms with E-state index in [1.165, 1.54) is 6.07 Å². The normalized spacial score (nSPS) is 16.7. The van der Waals surface area contributed by atoms with Gasteiger partial charge >= 0.3 is 6.09 Å². The third-order valence-electron chi connectivity index (χ3n) is 5.26. The van der Waals surface area contributed by atoms with Crippen molar-refractivity contribution in [2.75, 3.05) is 48.9 Å². The second kappa shape index (κ2) is 9.54. The molecule has 0 saturated carbocycles. The third kappa shape index (κ3) is 4.53. The summed E-state index contributed by atoms with van der Waals surface area (Å²) in [7, 11) is 0. The minimum Gasteiger partial charge on any atom is -0.443 e. The topological polar surface area (TPSA) is 88.2 Å². The number of imide groups is 1. The van der Waals surface area contributed by atoms with E-state index in [-0.39, 0.29) is 18.1 Å². The van der Waals surface area contributed by atoms with Crippen molar-refractivity contribution >= 4 is 40.9 Å². The first-order valence-electron chi connectivity index (χ1n) is 10.1. The monoisotopic (exact) mass is 461 g/mol. The van der Waals surface area contributed by atoms with Crippen molar-refractivity contribution in [3.8, 4) is 0 Å². The summed E-state index contributed by atoms with van der Waals surface area (Å²) in [5, 5.41) is 2.45. The van der Waals surface area contributed by atoms with Gasteiger partial charge in [0.25, 0.3) is 11.8 Å². The number of hydrogen-bond donors (Lipinski definition) is 1. The van der Waals surface area contributed by atoms with Crippen molar-refractivity contribution in [3.05, 3.63) is 59.4 Å². The second-order valence-electron chi connectivity index (χ2n) is 7.34. The smallest absolute Gasteiger partial charge is 0.412 e. The summed E-state index contributed by atoms with van der Waals surface area (Å²) in [6, 6.07) is 10.8. The number of benzene rings is 2. The number of amides is 3. The molecule has 0 aromatic heterocycles. The van der Waals surface area contributed by atoms with Crippen molar-refractivity contribution in [2.24, 2.45) is 0 Å². The standard InChI is InChI=1S/C22H21ClFN3O5/c23-12-15(13-27-20(28)16-3-1-2-4-17(16)21(27)29)32-22(30)25-14-5-6-19(18(24)11-14)26-7-9-31-10-8-26/h1-6,11,15H,7-10,12-13H2,(H,25,30)/t15-/m1/s1. The summed E-state index contributed by atoms with van der Waals surface area (Å²) < 4.78 is 25.1. The molecule has 2 aromatic rings. The van der Waals surface area contributed by atoms with Crippen LogP contribution in [0.2, 0.25) is 0 Å². The fraction of sp³-hybridized carbons (Fsp3) is 0.318. The maximum Gasteiger partial charge on any atom is 0.412 e. The van der Waals surface area contributed by atoms with E-state index in [9.17, 15) is 18.8 Å². The quantitative estimate of drug-likeness (QED) is 0.525. The highest BCUT2D eigenvalue weighted by atomic mass is 35.5. The van der Waals surface area contributed by atoms with Crippen molar-refractivity contribution < 1.29 is 28.2 Å². The van der Waals surface area contributed by atoms with Gasteiger partial charge in [0.2, 0.25) is 0 Å². The first-order valence-corrected chi connectivity index (χ1v) is 10.6. The van der Waals surface area contributed by atoms with Crippen LogP contribution in [0.15, 0.2) is 42.5 Å². The number of ether oxygens (including phenoxy) is 2. The van der Waals surface area contributed by atoms with Crippen LogP contribution in [-0.4, -0.2) is 67.6 Å². The fourth-order valence-electron chi connectivity index (χ4n) is 3.67. The van der Waals surface area contributed by atoms with Crippen LogP contribution in [0.25, 0.3) is 0 Å². The Bertz CT molecular complexity index is 1010. The molecule has 4 rings (SSSR count). The van der Waals surface area contributed by atoms with Gasteiger partial charge in [0.15, 0.2) is 0 Å². The largest absolute Gasteiger partial charge is 0.443 e. The summed E-state index contributed by atoms with van der Waals surface area (Å²) in [5.74, 6) is -1.55. The molecule has 1 saturated heterocycles. The third-order valence-corrected chi connectivity index (χ3v) is 5.60. The van der Waals surface area contributed by atoms with E-state index in [4.69, 9.17) is 21.1 Å². The molecule has 2 aliphatic heterocycles. The molecule has 1 atom stereocenters. The molecule has 3 amide bonds. The molecule has 0 radical (unpaired) electrons. The molecule has 1 fully saturated rings. The number of nitrogens with zero attached hydrogens (tertiary/aromatic N) is 2. The molecule has 8 nitrogen and oxygen atoms in total. The number of rotatable bonds is 6. The minimum atomic E-state index is -0.934. The Hall–Kier alpha value is -3.17. The highest BCUT2D eigenvalue weighted by molar-refractivity contribution is 6.21.